The van der Waals surface area contributed by atoms with Gasteiger partial charge < -0.3 is 14.1 Å². The third-order valence-corrected chi connectivity index (χ3v) is 11.7. The van der Waals surface area contributed by atoms with Gasteiger partial charge in [-0.15, -0.1) is 0 Å². The number of furan rings is 1. The summed E-state index contributed by atoms with van der Waals surface area (Å²) in [5.41, 5.74) is 13.5. The molecule has 0 bridgehead atoms. The minimum absolute atomic E-state index is 0.813. The molecule has 12 rings (SSSR count). The standard InChI is InChI=1S/C56H37N3O2/c1-4-16-38(17-5-1)39-18-14-24-44(34-39)57(46-31-32-48-47-26-10-12-28-52(47)60-54(48)37-46)45-25-15-19-40(35-45)41-30-33-50-49(36-41)55-56(58(50)42-20-6-2-7-21-42)59(43-22-8-3-9-23-43)51-27-11-13-29-53(51)61-55/h1-37H. The molecule has 0 aliphatic carbocycles. The molecule has 0 spiro atoms. The van der Waals surface area contributed by atoms with Crippen LogP contribution in [0.15, 0.2) is 229 Å². The fourth-order valence-electron chi connectivity index (χ4n) is 8.94. The van der Waals surface area contributed by atoms with Crippen molar-refractivity contribution in [2.24, 2.45) is 0 Å². The number of ether oxygens (including phenoxy) is 1. The van der Waals surface area contributed by atoms with E-state index >= 15 is 0 Å². The maximum absolute atomic E-state index is 6.94. The van der Waals surface area contributed by atoms with Crippen LogP contribution < -0.4 is 14.5 Å². The smallest absolute Gasteiger partial charge is 0.178 e. The van der Waals surface area contributed by atoms with Crippen LogP contribution in [0.25, 0.3) is 60.8 Å². The zero-order valence-corrected chi connectivity index (χ0v) is 33.0. The highest BCUT2D eigenvalue weighted by molar-refractivity contribution is 6.06. The van der Waals surface area contributed by atoms with E-state index < -0.39 is 0 Å². The molecule has 9 aromatic carbocycles. The Morgan fingerprint density at radius 2 is 0.967 bits per heavy atom. The second-order valence-corrected chi connectivity index (χ2v) is 15.4. The summed E-state index contributed by atoms with van der Waals surface area (Å²) in [7, 11) is 0. The molecule has 2 aromatic heterocycles. The van der Waals surface area contributed by atoms with Crippen LogP contribution in [0.1, 0.15) is 0 Å². The number of fused-ring (bicyclic) bond motifs is 7. The monoisotopic (exact) mass is 783 g/mol. The topological polar surface area (TPSA) is 33.8 Å². The number of hydrogen-bond donors (Lipinski definition) is 0. The summed E-state index contributed by atoms with van der Waals surface area (Å²) in [6.45, 7) is 0. The van der Waals surface area contributed by atoms with Crippen LogP contribution >= 0.6 is 0 Å². The molecule has 3 heterocycles. The maximum Gasteiger partial charge on any atom is 0.178 e. The predicted molar refractivity (Wildman–Crippen MR) is 251 cm³/mol. The van der Waals surface area contributed by atoms with Crippen molar-refractivity contribution < 1.29 is 9.15 Å². The molecule has 0 saturated carbocycles. The Bertz CT molecular complexity index is 3410. The molecule has 0 saturated heterocycles. The van der Waals surface area contributed by atoms with Gasteiger partial charge in [-0.25, -0.2) is 0 Å². The van der Waals surface area contributed by atoms with Crippen molar-refractivity contribution >= 4 is 67.1 Å². The van der Waals surface area contributed by atoms with Gasteiger partial charge in [0.25, 0.3) is 0 Å². The largest absolute Gasteiger partial charge is 0.456 e. The Balaban J connectivity index is 1.04. The summed E-state index contributed by atoms with van der Waals surface area (Å²) in [5, 5.41) is 3.24. The molecule has 1 aliphatic rings. The van der Waals surface area contributed by atoms with Gasteiger partial charge in [-0.1, -0.05) is 127 Å². The average molecular weight is 784 g/mol. The molecule has 61 heavy (non-hydrogen) atoms. The van der Waals surface area contributed by atoms with Gasteiger partial charge in [0.05, 0.1) is 11.2 Å². The van der Waals surface area contributed by atoms with E-state index in [1.807, 2.05) is 18.2 Å². The first kappa shape index (κ1) is 34.7. The van der Waals surface area contributed by atoms with Crippen LogP contribution in [-0.4, -0.2) is 4.57 Å². The van der Waals surface area contributed by atoms with Crippen molar-refractivity contribution in [3.8, 4) is 39.4 Å². The highest BCUT2D eigenvalue weighted by Gasteiger charge is 2.33. The Morgan fingerprint density at radius 3 is 1.74 bits per heavy atom. The molecule has 288 valence electrons. The maximum atomic E-state index is 6.94. The molecule has 11 aromatic rings. The number of para-hydroxylation sites is 5. The normalized spacial score (nSPS) is 12.0. The number of benzene rings is 9. The molecule has 0 fully saturated rings. The lowest BCUT2D eigenvalue weighted by atomic mass is 10.0. The molecule has 5 nitrogen and oxygen atoms in total. The van der Waals surface area contributed by atoms with Gasteiger partial charge in [0, 0.05) is 50.7 Å². The fraction of sp³-hybridized carbons (Fsp3) is 0. The van der Waals surface area contributed by atoms with Gasteiger partial charge in [-0.05, 0) is 113 Å². The van der Waals surface area contributed by atoms with Gasteiger partial charge in [-0.2, -0.15) is 0 Å². The Hall–Kier alpha value is -8.28. The van der Waals surface area contributed by atoms with Crippen LogP contribution in [0.2, 0.25) is 0 Å². The lowest BCUT2D eigenvalue weighted by Crippen LogP contribution is -2.18. The van der Waals surface area contributed by atoms with E-state index in [1.54, 1.807) is 0 Å². The van der Waals surface area contributed by atoms with E-state index in [1.165, 1.54) is 5.56 Å². The van der Waals surface area contributed by atoms with Crippen LogP contribution in [0.4, 0.5) is 34.3 Å². The van der Waals surface area contributed by atoms with Gasteiger partial charge in [0.15, 0.2) is 17.3 Å². The summed E-state index contributed by atoms with van der Waals surface area (Å²) in [4.78, 5) is 4.65. The summed E-state index contributed by atoms with van der Waals surface area (Å²) in [6, 6.07) is 79.0. The summed E-state index contributed by atoms with van der Waals surface area (Å²) >= 11 is 0. The number of anilines is 6. The first-order valence-corrected chi connectivity index (χ1v) is 20.6. The number of nitrogens with zero attached hydrogens (tertiary/aromatic N) is 3. The van der Waals surface area contributed by atoms with E-state index in [2.05, 4.69) is 221 Å². The number of aromatic nitrogens is 1. The number of rotatable bonds is 7. The van der Waals surface area contributed by atoms with E-state index in [-0.39, 0.29) is 0 Å². The summed E-state index contributed by atoms with van der Waals surface area (Å²) in [5.74, 6) is 2.59. The molecule has 0 N–H and O–H groups in total. The van der Waals surface area contributed by atoms with E-state index in [0.29, 0.717) is 0 Å². The quantitative estimate of drug-likeness (QED) is 0.161. The van der Waals surface area contributed by atoms with Crippen molar-refractivity contribution in [2.75, 3.05) is 9.80 Å². The molecular weight excluding hydrogens is 747 g/mol. The Labute approximate surface area is 353 Å². The molecule has 5 heteroatoms. The minimum atomic E-state index is 0.813. The van der Waals surface area contributed by atoms with Gasteiger partial charge in [0.1, 0.15) is 11.2 Å². The zero-order valence-electron chi connectivity index (χ0n) is 33.0. The van der Waals surface area contributed by atoms with Gasteiger partial charge in [0.2, 0.25) is 0 Å². The molecular formula is C56H37N3O2. The first-order chi connectivity index (χ1) is 30.2. The van der Waals surface area contributed by atoms with Crippen molar-refractivity contribution in [1.29, 1.82) is 0 Å². The Kier molecular flexibility index (Phi) is 8.10. The Morgan fingerprint density at radius 1 is 0.377 bits per heavy atom. The predicted octanol–water partition coefficient (Wildman–Crippen LogP) is 15.9. The number of hydrogen-bond acceptors (Lipinski definition) is 4. The van der Waals surface area contributed by atoms with Gasteiger partial charge in [-0.3, -0.25) is 9.47 Å². The third kappa shape index (κ3) is 5.86. The first-order valence-electron chi connectivity index (χ1n) is 20.6. The third-order valence-electron chi connectivity index (χ3n) is 11.7. The minimum Gasteiger partial charge on any atom is -0.456 e. The molecule has 0 atom stereocenters. The lowest BCUT2D eigenvalue weighted by Gasteiger charge is -2.32. The molecule has 0 radical (unpaired) electrons. The highest BCUT2D eigenvalue weighted by atomic mass is 16.5. The van der Waals surface area contributed by atoms with Crippen molar-refractivity contribution in [3.63, 3.8) is 0 Å². The highest BCUT2D eigenvalue weighted by Crippen LogP contribution is 2.55. The van der Waals surface area contributed by atoms with Gasteiger partial charge >= 0.3 is 0 Å². The van der Waals surface area contributed by atoms with Crippen LogP contribution in [0.3, 0.4) is 0 Å². The second-order valence-electron chi connectivity index (χ2n) is 15.4. The van der Waals surface area contributed by atoms with E-state index in [0.717, 1.165) is 101 Å². The van der Waals surface area contributed by atoms with Crippen molar-refractivity contribution in [3.05, 3.63) is 224 Å². The summed E-state index contributed by atoms with van der Waals surface area (Å²) in [6.07, 6.45) is 0. The van der Waals surface area contributed by atoms with E-state index in [4.69, 9.17) is 9.15 Å². The average Bonchev–Trinajstić information content (AvgIpc) is 3.86. The second kappa shape index (κ2) is 14.2. The molecule has 0 unspecified atom stereocenters. The van der Waals surface area contributed by atoms with E-state index in [9.17, 15) is 0 Å². The van der Waals surface area contributed by atoms with Crippen molar-refractivity contribution in [2.45, 2.75) is 0 Å². The molecule has 0 amide bonds. The molecule has 1 aliphatic heterocycles. The SMILES string of the molecule is c1ccc(-c2cccc(N(c3cccc(-c4ccc5c(c4)c4c(n5-c5ccccc5)N(c5ccccc5)c5ccccc5O4)c3)c3ccc4c(c3)oc3ccccc34)c2)cc1. The zero-order chi connectivity index (χ0) is 40.3. The van der Waals surface area contributed by atoms with Crippen molar-refractivity contribution in [1.82, 2.24) is 4.57 Å². The fourth-order valence-corrected chi connectivity index (χ4v) is 8.94. The van der Waals surface area contributed by atoms with Crippen LogP contribution in [0, 0.1) is 0 Å². The van der Waals surface area contributed by atoms with Crippen LogP contribution in [0.5, 0.6) is 11.5 Å². The van der Waals surface area contributed by atoms with Crippen LogP contribution in [-0.2, 0) is 0 Å². The lowest BCUT2D eigenvalue weighted by molar-refractivity contribution is 0.481. The summed E-state index contributed by atoms with van der Waals surface area (Å²) < 4.78 is 15.7.